The molecule has 0 heterocycles. The second kappa shape index (κ2) is 14.2. The Morgan fingerprint density at radius 1 is 0.943 bits per heavy atom. The lowest BCUT2D eigenvalue weighted by Crippen LogP contribution is -2.50. The first kappa shape index (κ1) is 28.0. The Kier molecular flexibility index (Phi) is 11.4. The molecule has 192 valence electrons. The smallest absolute Gasteiger partial charge is 0.243 e. The van der Waals surface area contributed by atoms with Crippen LogP contribution in [-0.2, 0) is 22.6 Å². The minimum Gasteiger partial charge on any atom is -0.497 e. The van der Waals surface area contributed by atoms with E-state index in [0.717, 1.165) is 11.1 Å². The molecule has 0 fully saturated rings. The standard InChI is InChI=1S/C28H40N2O5/c1-7-24(28(32)29-20(4)5)30(19-22-11-10-12-23(17-22)33-6)27(31)16-14-21-13-15-25(34-8-2)26(18-21)35-9-3/h10-13,15,17-18,20,24H,7-9,14,16,19H2,1-6H3,(H,29,32). The van der Waals surface area contributed by atoms with Crippen LogP contribution in [0.3, 0.4) is 0 Å². The molecule has 1 unspecified atom stereocenters. The number of rotatable bonds is 14. The van der Waals surface area contributed by atoms with Crippen molar-refractivity contribution in [3.05, 3.63) is 53.6 Å². The summed E-state index contributed by atoms with van der Waals surface area (Å²) in [6.45, 7) is 11.0. The average molecular weight is 485 g/mol. The summed E-state index contributed by atoms with van der Waals surface area (Å²) in [7, 11) is 1.61. The zero-order valence-electron chi connectivity index (χ0n) is 21.9. The van der Waals surface area contributed by atoms with Gasteiger partial charge in [0, 0.05) is 19.0 Å². The number of methoxy groups -OCH3 is 1. The third kappa shape index (κ3) is 8.50. The summed E-state index contributed by atoms with van der Waals surface area (Å²) in [5.41, 5.74) is 1.89. The Bertz CT molecular complexity index is 960. The fraction of sp³-hybridized carbons (Fsp3) is 0.500. The number of hydrogen-bond acceptors (Lipinski definition) is 5. The molecule has 2 amide bonds. The van der Waals surface area contributed by atoms with Gasteiger partial charge >= 0.3 is 0 Å². The highest BCUT2D eigenvalue weighted by atomic mass is 16.5. The van der Waals surface area contributed by atoms with Gasteiger partial charge in [-0.15, -0.1) is 0 Å². The predicted molar refractivity (Wildman–Crippen MR) is 138 cm³/mol. The van der Waals surface area contributed by atoms with Crippen LogP contribution in [0.4, 0.5) is 0 Å². The number of carbonyl (C=O) groups is 2. The number of hydrogen-bond donors (Lipinski definition) is 1. The summed E-state index contributed by atoms with van der Waals surface area (Å²) < 4.78 is 16.7. The number of nitrogens with one attached hydrogen (secondary N) is 1. The van der Waals surface area contributed by atoms with Crippen LogP contribution >= 0.6 is 0 Å². The molecule has 0 aromatic heterocycles. The normalized spacial score (nSPS) is 11.6. The Morgan fingerprint density at radius 3 is 2.29 bits per heavy atom. The third-order valence-corrected chi connectivity index (χ3v) is 5.54. The van der Waals surface area contributed by atoms with Crippen molar-refractivity contribution in [3.63, 3.8) is 0 Å². The summed E-state index contributed by atoms with van der Waals surface area (Å²) in [5.74, 6) is 1.87. The molecule has 0 spiro atoms. The predicted octanol–water partition coefficient (Wildman–Crippen LogP) is 4.76. The van der Waals surface area contributed by atoms with Gasteiger partial charge in [0.25, 0.3) is 0 Å². The molecule has 35 heavy (non-hydrogen) atoms. The molecule has 0 aliphatic heterocycles. The summed E-state index contributed by atoms with van der Waals surface area (Å²) in [6.07, 6.45) is 1.32. The molecule has 0 saturated carbocycles. The number of ether oxygens (including phenoxy) is 3. The van der Waals surface area contributed by atoms with Gasteiger partial charge in [-0.2, -0.15) is 0 Å². The number of amides is 2. The Morgan fingerprint density at radius 2 is 1.66 bits per heavy atom. The van der Waals surface area contributed by atoms with Crippen molar-refractivity contribution >= 4 is 11.8 Å². The molecule has 7 heteroatoms. The van der Waals surface area contributed by atoms with Gasteiger partial charge in [0.15, 0.2) is 11.5 Å². The molecule has 2 rings (SSSR count). The minimum absolute atomic E-state index is 0.00818. The first-order chi connectivity index (χ1) is 16.8. The lowest BCUT2D eigenvalue weighted by atomic mass is 10.1. The van der Waals surface area contributed by atoms with Gasteiger partial charge in [-0.05, 0) is 75.9 Å². The first-order valence-electron chi connectivity index (χ1n) is 12.4. The fourth-order valence-corrected chi connectivity index (χ4v) is 3.91. The molecular formula is C28H40N2O5. The van der Waals surface area contributed by atoms with E-state index >= 15 is 0 Å². The van der Waals surface area contributed by atoms with E-state index in [1.165, 1.54) is 0 Å². The topological polar surface area (TPSA) is 77.1 Å². The number of nitrogens with zero attached hydrogens (tertiary/aromatic N) is 1. The highest BCUT2D eigenvalue weighted by Gasteiger charge is 2.29. The average Bonchev–Trinajstić information content (AvgIpc) is 2.83. The van der Waals surface area contributed by atoms with Crippen molar-refractivity contribution in [3.8, 4) is 17.2 Å². The zero-order valence-corrected chi connectivity index (χ0v) is 21.9. The maximum Gasteiger partial charge on any atom is 0.243 e. The van der Waals surface area contributed by atoms with Gasteiger partial charge in [0.05, 0.1) is 20.3 Å². The Balaban J connectivity index is 2.25. The highest BCUT2D eigenvalue weighted by molar-refractivity contribution is 5.87. The minimum atomic E-state index is -0.560. The number of benzene rings is 2. The summed E-state index contributed by atoms with van der Waals surface area (Å²) in [5, 5.41) is 2.96. The van der Waals surface area contributed by atoms with Gasteiger partial charge in [-0.3, -0.25) is 9.59 Å². The van der Waals surface area contributed by atoms with Gasteiger partial charge in [-0.25, -0.2) is 0 Å². The van der Waals surface area contributed by atoms with E-state index in [2.05, 4.69) is 5.32 Å². The van der Waals surface area contributed by atoms with Crippen molar-refractivity contribution in [1.82, 2.24) is 10.2 Å². The molecule has 0 bridgehead atoms. The Labute approximate surface area is 209 Å². The van der Waals surface area contributed by atoms with E-state index in [9.17, 15) is 9.59 Å². The van der Waals surface area contributed by atoms with Crippen LogP contribution in [0.25, 0.3) is 0 Å². The second-order valence-electron chi connectivity index (χ2n) is 8.61. The lowest BCUT2D eigenvalue weighted by molar-refractivity contribution is -0.141. The van der Waals surface area contributed by atoms with E-state index in [4.69, 9.17) is 14.2 Å². The lowest BCUT2D eigenvalue weighted by Gasteiger charge is -2.31. The highest BCUT2D eigenvalue weighted by Crippen LogP contribution is 2.29. The van der Waals surface area contributed by atoms with E-state index in [1.54, 1.807) is 12.0 Å². The van der Waals surface area contributed by atoms with E-state index in [-0.39, 0.29) is 24.3 Å². The SMILES string of the molecule is CCOc1ccc(CCC(=O)N(Cc2cccc(OC)c2)C(CC)C(=O)NC(C)C)cc1OCC. The quantitative estimate of drug-likeness (QED) is 0.418. The van der Waals surface area contributed by atoms with Crippen molar-refractivity contribution < 1.29 is 23.8 Å². The van der Waals surface area contributed by atoms with Crippen LogP contribution in [0, 0.1) is 0 Å². The van der Waals surface area contributed by atoms with Crippen LogP contribution in [0.2, 0.25) is 0 Å². The number of carbonyl (C=O) groups excluding carboxylic acids is 2. The van der Waals surface area contributed by atoms with E-state index in [1.807, 2.05) is 77.1 Å². The maximum atomic E-state index is 13.5. The summed E-state index contributed by atoms with van der Waals surface area (Å²) in [6, 6.07) is 12.8. The van der Waals surface area contributed by atoms with Crippen LogP contribution in [0.15, 0.2) is 42.5 Å². The van der Waals surface area contributed by atoms with Crippen molar-refractivity contribution in [2.75, 3.05) is 20.3 Å². The molecule has 1 N–H and O–H groups in total. The van der Waals surface area contributed by atoms with Gasteiger partial charge in [-0.1, -0.05) is 25.1 Å². The largest absolute Gasteiger partial charge is 0.497 e. The summed E-state index contributed by atoms with van der Waals surface area (Å²) >= 11 is 0. The van der Waals surface area contributed by atoms with Gasteiger partial charge in [0.2, 0.25) is 11.8 Å². The van der Waals surface area contributed by atoms with Crippen LogP contribution in [-0.4, -0.2) is 49.1 Å². The van der Waals surface area contributed by atoms with E-state index < -0.39 is 6.04 Å². The summed E-state index contributed by atoms with van der Waals surface area (Å²) in [4.78, 5) is 28.2. The molecule has 0 saturated heterocycles. The molecule has 1 atom stereocenters. The van der Waals surface area contributed by atoms with Crippen LogP contribution in [0.1, 0.15) is 58.6 Å². The van der Waals surface area contributed by atoms with Crippen molar-refractivity contribution in [2.24, 2.45) is 0 Å². The van der Waals surface area contributed by atoms with Crippen molar-refractivity contribution in [2.45, 2.75) is 72.5 Å². The van der Waals surface area contributed by atoms with Gasteiger partial charge < -0.3 is 24.4 Å². The maximum absolute atomic E-state index is 13.5. The molecular weight excluding hydrogens is 444 g/mol. The van der Waals surface area contributed by atoms with Crippen molar-refractivity contribution in [1.29, 1.82) is 0 Å². The molecule has 2 aromatic rings. The third-order valence-electron chi connectivity index (χ3n) is 5.54. The molecule has 2 aromatic carbocycles. The van der Waals surface area contributed by atoms with Crippen LogP contribution < -0.4 is 19.5 Å². The Hall–Kier alpha value is -3.22. The van der Waals surface area contributed by atoms with Gasteiger partial charge in [0.1, 0.15) is 11.8 Å². The van der Waals surface area contributed by atoms with Crippen LogP contribution in [0.5, 0.6) is 17.2 Å². The van der Waals surface area contributed by atoms with E-state index in [0.29, 0.717) is 49.8 Å². The number of aryl methyl sites for hydroxylation is 1. The monoisotopic (exact) mass is 484 g/mol. The molecule has 7 nitrogen and oxygen atoms in total. The second-order valence-corrected chi connectivity index (χ2v) is 8.61. The molecule has 0 radical (unpaired) electrons. The molecule has 0 aliphatic rings. The first-order valence-corrected chi connectivity index (χ1v) is 12.4. The zero-order chi connectivity index (χ0) is 25.8. The fourth-order valence-electron chi connectivity index (χ4n) is 3.91. The molecule has 0 aliphatic carbocycles.